The van der Waals surface area contributed by atoms with Crippen LogP contribution in [0.25, 0.3) is 0 Å². The van der Waals surface area contributed by atoms with Crippen LogP contribution in [0.5, 0.6) is 0 Å². The van der Waals surface area contributed by atoms with Crippen molar-refractivity contribution in [3.63, 3.8) is 0 Å². The molecule has 0 saturated heterocycles. The molecule has 0 aliphatic carbocycles. The molecule has 0 rings (SSSR count). The SMILES string of the molecule is CC(C)(C)C(N)(C(=O)ON)C(=O)ON. The standard InChI is InChI=1S/C7H15N3O4/c1-6(2,3)7(8,4(11)13-9)5(12)14-10/h8-10H2,1-3H3. The van der Waals surface area contributed by atoms with E-state index in [9.17, 15) is 9.59 Å². The average molecular weight is 205 g/mol. The minimum Gasteiger partial charge on any atom is -0.371 e. The van der Waals surface area contributed by atoms with E-state index in [2.05, 4.69) is 21.5 Å². The number of hydrogen-bond donors (Lipinski definition) is 3. The molecule has 0 atom stereocenters. The summed E-state index contributed by atoms with van der Waals surface area (Å²) in [4.78, 5) is 30.4. The van der Waals surface area contributed by atoms with Crippen molar-refractivity contribution in [2.24, 2.45) is 22.9 Å². The Morgan fingerprint density at radius 3 is 1.43 bits per heavy atom. The maximum Gasteiger partial charge on any atom is 0.356 e. The summed E-state index contributed by atoms with van der Waals surface area (Å²) in [6, 6.07) is 0. The Balaban J connectivity index is 5.27. The van der Waals surface area contributed by atoms with Gasteiger partial charge in [-0.1, -0.05) is 20.8 Å². The summed E-state index contributed by atoms with van der Waals surface area (Å²) >= 11 is 0. The van der Waals surface area contributed by atoms with Gasteiger partial charge in [-0.05, 0) is 0 Å². The first-order chi connectivity index (χ1) is 6.21. The molecule has 7 nitrogen and oxygen atoms in total. The van der Waals surface area contributed by atoms with Crippen LogP contribution in [0.3, 0.4) is 0 Å². The fourth-order valence-corrected chi connectivity index (χ4v) is 0.882. The third-order valence-electron chi connectivity index (χ3n) is 2.04. The number of rotatable bonds is 2. The molecule has 7 heteroatoms. The lowest BCUT2D eigenvalue weighted by Crippen LogP contribution is -2.65. The summed E-state index contributed by atoms with van der Waals surface area (Å²) in [6.45, 7) is 4.67. The maximum atomic E-state index is 11.3. The predicted molar refractivity (Wildman–Crippen MR) is 46.9 cm³/mol. The summed E-state index contributed by atoms with van der Waals surface area (Å²) in [5.41, 5.74) is 2.63. The van der Waals surface area contributed by atoms with Crippen molar-refractivity contribution in [2.45, 2.75) is 26.3 Å². The van der Waals surface area contributed by atoms with Gasteiger partial charge in [0.15, 0.2) is 0 Å². The largest absolute Gasteiger partial charge is 0.371 e. The molecule has 0 unspecified atom stereocenters. The van der Waals surface area contributed by atoms with Crippen LogP contribution in [0.15, 0.2) is 0 Å². The topological polar surface area (TPSA) is 131 Å². The Labute approximate surface area is 81.4 Å². The van der Waals surface area contributed by atoms with E-state index in [1.54, 1.807) is 20.8 Å². The summed E-state index contributed by atoms with van der Waals surface area (Å²) in [7, 11) is 0. The highest BCUT2D eigenvalue weighted by atomic mass is 16.7. The van der Waals surface area contributed by atoms with Gasteiger partial charge < -0.3 is 15.4 Å². The molecule has 0 fully saturated rings. The Morgan fingerprint density at radius 2 is 1.29 bits per heavy atom. The van der Waals surface area contributed by atoms with Gasteiger partial charge in [0.25, 0.3) is 0 Å². The highest BCUT2D eigenvalue weighted by Gasteiger charge is 2.54. The Bertz CT molecular complexity index is 230. The van der Waals surface area contributed by atoms with Gasteiger partial charge in [-0.2, -0.15) is 11.8 Å². The highest BCUT2D eigenvalue weighted by molar-refractivity contribution is 6.05. The van der Waals surface area contributed by atoms with Gasteiger partial charge in [0, 0.05) is 5.41 Å². The van der Waals surface area contributed by atoms with Crippen LogP contribution >= 0.6 is 0 Å². The zero-order valence-electron chi connectivity index (χ0n) is 8.37. The third kappa shape index (κ3) is 1.84. The van der Waals surface area contributed by atoms with Crippen LogP contribution in [-0.4, -0.2) is 17.5 Å². The smallest absolute Gasteiger partial charge is 0.356 e. The van der Waals surface area contributed by atoms with Gasteiger partial charge >= 0.3 is 11.9 Å². The molecule has 0 bridgehead atoms. The van der Waals surface area contributed by atoms with E-state index in [4.69, 9.17) is 5.73 Å². The first-order valence-corrected chi connectivity index (χ1v) is 3.83. The molecule has 6 N–H and O–H groups in total. The Kier molecular flexibility index (Phi) is 3.58. The molecule has 0 amide bonds. The minimum absolute atomic E-state index is 0.931. The lowest BCUT2D eigenvalue weighted by molar-refractivity contribution is -0.171. The van der Waals surface area contributed by atoms with Crippen molar-refractivity contribution in [3.05, 3.63) is 0 Å². The highest BCUT2D eigenvalue weighted by Crippen LogP contribution is 2.29. The zero-order chi connectivity index (χ0) is 11.6. The van der Waals surface area contributed by atoms with E-state index in [0.29, 0.717) is 0 Å². The number of carbonyl (C=O) groups excluding carboxylic acids is 2. The van der Waals surface area contributed by atoms with Crippen LogP contribution in [-0.2, 0) is 19.3 Å². The summed E-state index contributed by atoms with van der Waals surface area (Å²) in [6.07, 6.45) is 0. The Hall–Kier alpha value is -1.18. The molecule has 0 aliphatic heterocycles. The van der Waals surface area contributed by atoms with Crippen molar-refractivity contribution in [1.29, 1.82) is 0 Å². The number of nitrogens with two attached hydrogens (primary N) is 3. The van der Waals surface area contributed by atoms with Gasteiger partial charge in [0.05, 0.1) is 0 Å². The second-order valence-corrected chi connectivity index (χ2v) is 3.87. The lowest BCUT2D eigenvalue weighted by atomic mass is 9.74. The molecular weight excluding hydrogens is 190 g/mol. The summed E-state index contributed by atoms with van der Waals surface area (Å²) in [5.74, 6) is 7.14. The fraction of sp³-hybridized carbons (Fsp3) is 0.714. The van der Waals surface area contributed by atoms with Crippen molar-refractivity contribution in [1.82, 2.24) is 0 Å². The molecule has 0 radical (unpaired) electrons. The van der Waals surface area contributed by atoms with E-state index in [1.165, 1.54) is 0 Å². The van der Waals surface area contributed by atoms with Gasteiger partial charge in [-0.25, -0.2) is 9.59 Å². The van der Waals surface area contributed by atoms with Crippen molar-refractivity contribution < 1.29 is 19.3 Å². The number of carbonyl (C=O) groups is 2. The Morgan fingerprint density at radius 1 is 1.00 bits per heavy atom. The molecule has 0 saturated carbocycles. The molecule has 0 heterocycles. The van der Waals surface area contributed by atoms with Crippen LogP contribution in [0.4, 0.5) is 0 Å². The van der Waals surface area contributed by atoms with Crippen LogP contribution in [0.2, 0.25) is 0 Å². The third-order valence-corrected chi connectivity index (χ3v) is 2.04. The molecule has 0 aromatic rings. The van der Waals surface area contributed by atoms with Crippen molar-refractivity contribution >= 4 is 11.9 Å². The summed E-state index contributed by atoms with van der Waals surface area (Å²) < 4.78 is 0. The molecule has 0 aliphatic rings. The van der Waals surface area contributed by atoms with Gasteiger partial charge in [-0.15, -0.1) is 0 Å². The quantitative estimate of drug-likeness (QED) is 0.371. The first-order valence-electron chi connectivity index (χ1n) is 3.83. The molecule has 0 aromatic heterocycles. The zero-order valence-corrected chi connectivity index (χ0v) is 8.37. The lowest BCUT2D eigenvalue weighted by Gasteiger charge is -2.34. The monoisotopic (exact) mass is 205 g/mol. The second kappa shape index (κ2) is 3.91. The van der Waals surface area contributed by atoms with Gasteiger partial charge in [0.2, 0.25) is 5.54 Å². The van der Waals surface area contributed by atoms with Crippen LogP contribution < -0.4 is 17.5 Å². The van der Waals surface area contributed by atoms with Crippen LogP contribution in [0.1, 0.15) is 20.8 Å². The average Bonchev–Trinajstić information content (AvgIpc) is 2.12. The van der Waals surface area contributed by atoms with Crippen molar-refractivity contribution in [3.8, 4) is 0 Å². The molecule has 0 aromatic carbocycles. The van der Waals surface area contributed by atoms with E-state index in [1.807, 2.05) is 0 Å². The molecule has 0 spiro atoms. The van der Waals surface area contributed by atoms with Crippen molar-refractivity contribution in [2.75, 3.05) is 0 Å². The van der Waals surface area contributed by atoms with Gasteiger partial charge in [0.1, 0.15) is 0 Å². The number of hydrogen-bond acceptors (Lipinski definition) is 7. The maximum absolute atomic E-state index is 11.3. The van der Waals surface area contributed by atoms with E-state index < -0.39 is 22.9 Å². The molecule has 82 valence electrons. The van der Waals surface area contributed by atoms with E-state index >= 15 is 0 Å². The minimum atomic E-state index is -2.02. The molecule has 14 heavy (non-hydrogen) atoms. The fourth-order valence-electron chi connectivity index (χ4n) is 0.882. The van der Waals surface area contributed by atoms with Crippen LogP contribution in [0, 0.1) is 5.41 Å². The van der Waals surface area contributed by atoms with Gasteiger partial charge in [-0.3, -0.25) is 0 Å². The predicted octanol–water partition coefficient (Wildman–Crippen LogP) is -1.44. The molecular formula is C7H15N3O4. The van der Waals surface area contributed by atoms with E-state index in [0.717, 1.165) is 0 Å². The summed E-state index contributed by atoms with van der Waals surface area (Å²) in [5, 5.41) is 0. The van der Waals surface area contributed by atoms with E-state index in [-0.39, 0.29) is 0 Å². The first kappa shape index (κ1) is 12.8. The second-order valence-electron chi connectivity index (χ2n) is 3.87. The normalized spacial score (nSPS) is 12.1.